The van der Waals surface area contributed by atoms with Crippen LogP contribution in [-0.4, -0.2) is 35.4 Å². The number of rotatable bonds is 6. The number of nitrogens with one attached hydrogen (secondary N) is 1. The maximum Gasteiger partial charge on any atom is 0.222 e. The van der Waals surface area contributed by atoms with Crippen LogP contribution in [0.15, 0.2) is 60.7 Å². The average molecular weight is 345 g/mol. The zero-order valence-electron chi connectivity index (χ0n) is 14.8. The molecular weight excluding hydrogens is 322 g/mol. The van der Waals surface area contributed by atoms with E-state index >= 15 is 0 Å². The molecule has 1 N–H and O–H groups in total. The monoisotopic (exact) mass is 345 g/mol. The smallest absolute Gasteiger partial charge is 0.222 e. The Hall–Kier alpha value is -2.88. The fourth-order valence-electron chi connectivity index (χ4n) is 3.55. The van der Waals surface area contributed by atoms with E-state index in [0.717, 1.165) is 49.2 Å². The van der Waals surface area contributed by atoms with E-state index in [1.165, 1.54) is 11.1 Å². The van der Waals surface area contributed by atoms with Crippen LogP contribution in [0.1, 0.15) is 19.3 Å². The van der Waals surface area contributed by atoms with Gasteiger partial charge in [0.1, 0.15) is 5.82 Å². The Morgan fingerprint density at radius 3 is 2.65 bits per heavy atom. The first-order valence-electron chi connectivity index (χ1n) is 9.28. The van der Waals surface area contributed by atoms with Crippen LogP contribution in [0.3, 0.4) is 0 Å². The largest absolute Gasteiger partial charge is 0.370 e. The first kappa shape index (κ1) is 16.6. The number of aromatic nitrogens is 1. The van der Waals surface area contributed by atoms with Gasteiger partial charge in [0.05, 0.1) is 5.52 Å². The number of hydrogen-bond donors (Lipinski definition) is 1. The molecule has 0 atom stereocenters. The quantitative estimate of drug-likeness (QED) is 0.677. The van der Waals surface area contributed by atoms with Crippen LogP contribution in [0.4, 0.5) is 5.82 Å². The van der Waals surface area contributed by atoms with Crippen molar-refractivity contribution in [3.63, 3.8) is 0 Å². The maximum absolute atomic E-state index is 11.7. The maximum atomic E-state index is 11.7. The molecule has 132 valence electrons. The molecule has 0 saturated carbocycles. The summed E-state index contributed by atoms with van der Waals surface area (Å²) < 4.78 is 0. The SMILES string of the molecule is O=C1CCCN1CCCNc1cc(-c2ccccc2)c2ccccc2n1. The summed E-state index contributed by atoms with van der Waals surface area (Å²) in [4.78, 5) is 18.4. The molecule has 3 aromatic rings. The third kappa shape index (κ3) is 3.54. The molecular formula is C22H23N3O. The Balaban J connectivity index is 1.51. The minimum atomic E-state index is 0.292. The molecule has 2 heterocycles. The first-order valence-corrected chi connectivity index (χ1v) is 9.28. The fraction of sp³-hybridized carbons (Fsp3) is 0.273. The number of anilines is 1. The lowest BCUT2D eigenvalue weighted by Crippen LogP contribution is -2.27. The predicted octanol–water partition coefficient (Wildman–Crippen LogP) is 4.33. The third-order valence-corrected chi connectivity index (χ3v) is 4.88. The second-order valence-electron chi connectivity index (χ2n) is 6.70. The minimum Gasteiger partial charge on any atom is -0.370 e. The van der Waals surface area contributed by atoms with Crippen LogP contribution in [0, 0.1) is 0 Å². The van der Waals surface area contributed by atoms with Crippen LogP contribution in [0.25, 0.3) is 22.0 Å². The number of likely N-dealkylation sites (tertiary alicyclic amines) is 1. The molecule has 4 heteroatoms. The van der Waals surface area contributed by atoms with Crippen LogP contribution in [-0.2, 0) is 4.79 Å². The lowest BCUT2D eigenvalue weighted by molar-refractivity contribution is -0.127. The molecule has 1 saturated heterocycles. The number of amides is 1. The van der Waals surface area contributed by atoms with E-state index in [-0.39, 0.29) is 0 Å². The second kappa shape index (κ2) is 7.56. The number of carbonyl (C=O) groups is 1. The van der Waals surface area contributed by atoms with E-state index in [9.17, 15) is 4.79 Å². The highest BCUT2D eigenvalue weighted by atomic mass is 16.2. The van der Waals surface area contributed by atoms with E-state index in [1.54, 1.807) is 0 Å². The van der Waals surface area contributed by atoms with Gasteiger partial charge in [-0.2, -0.15) is 0 Å². The van der Waals surface area contributed by atoms with Crippen molar-refractivity contribution in [3.05, 3.63) is 60.7 Å². The fourth-order valence-corrected chi connectivity index (χ4v) is 3.55. The number of hydrogen-bond acceptors (Lipinski definition) is 3. The predicted molar refractivity (Wildman–Crippen MR) is 106 cm³/mol. The van der Waals surface area contributed by atoms with Gasteiger partial charge in [-0.15, -0.1) is 0 Å². The number of fused-ring (bicyclic) bond motifs is 1. The van der Waals surface area contributed by atoms with Crippen LogP contribution < -0.4 is 5.32 Å². The number of benzene rings is 2. The number of carbonyl (C=O) groups excluding carboxylic acids is 1. The molecule has 1 aliphatic heterocycles. The van der Waals surface area contributed by atoms with Crippen molar-refractivity contribution >= 4 is 22.6 Å². The molecule has 4 rings (SSSR count). The Morgan fingerprint density at radius 1 is 1.04 bits per heavy atom. The van der Waals surface area contributed by atoms with Gasteiger partial charge in [-0.3, -0.25) is 4.79 Å². The van der Waals surface area contributed by atoms with Gasteiger partial charge in [0.15, 0.2) is 0 Å². The van der Waals surface area contributed by atoms with Gasteiger partial charge in [-0.25, -0.2) is 4.98 Å². The Morgan fingerprint density at radius 2 is 1.85 bits per heavy atom. The lowest BCUT2D eigenvalue weighted by atomic mass is 10.0. The van der Waals surface area contributed by atoms with Crippen molar-refractivity contribution < 1.29 is 4.79 Å². The molecule has 0 spiro atoms. The minimum absolute atomic E-state index is 0.292. The van der Waals surface area contributed by atoms with Gasteiger partial charge in [-0.05, 0) is 36.1 Å². The summed E-state index contributed by atoms with van der Waals surface area (Å²) in [5.41, 5.74) is 3.37. The van der Waals surface area contributed by atoms with Crippen molar-refractivity contribution in [2.75, 3.05) is 25.0 Å². The summed E-state index contributed by atoms with van der Waals surface area (Å²) in [6.07, 6.45) is 2.64. The second-order valence-corrected chi connectivity index (χ2v) is 6.70. The van der Waals surface area contributed by atoms with E-state index < -0.39 is 0 Å². The zero-order valence-corrected chi connectivity index (χ0v) is 14.8. The molecule has 0 radical (unpaired) electrons. The van der Waals surface area contributed by atoms with E-state index in [0.29, 0.717) is 12.3 Å². The van der Waals surface area contributed by atoms with Crippen LogP contribution >= 0.6 is 0 Å². The topological polar surface area (TPSA) is 45.2 Å². The molecule has 0 bridgehead atoms. The van der Waals surface area contributed by atoms with Gasteiger partial charge in [0.25, 0.3) is 0 Å². The molecule has 0 unspecified atom stereocenters. The summed E-state index contributed by atoms with van der Waals surface area (Å²) in [7, 11) is 0. The summed E-state index contributed by atoms with van der Waals surface area (Å²) in [6.45, 7) is 2.54. The van der Waals surface area contributed by atoms with E-state index in [1.807, 2.05) is 17.0 Å². The van der Waals surface area contributed by atoms with Crippen molar-refractivity contribution in [3.8, 4) is 11.1 Å². The van der Waals surface area contributed by atoms with Crippen molar-refractivity contribution in [1.29, 1.82) is 0 Å². The van der Waals surface area contributed by atoms with Crippen molar-refractivity contribution in [2.24, 2.45) is 0 Å². The normalized spacial score (nSPS) is 14.2. The summed E-state index contributed by atoms with van der Waals surface area (Å²) in [5.74, 6) is 1.18. The number of para-hydroxylation sites is 1. The standard InChI is InChI=1S/C22H23N3O/c26-22-12-6-14-25(22)15-7-13-23-21-16-19(17-8-2-1-3-9-17)18-10-4-5-11-20(18)24-21/h1-5,8-11,16H,6-7,12-15H2,(H,23,24). The molecule has 1 aliphatic rings. The summed E-state index contributed by atoms with van der Waals surface area (Å²) in [5, 5.41) is 4.60. The van der Waals surface area contributed by atoms with Crippen LogP contribution in [0.5, 0.6) is 0 Å². The highest BCUT2D eigenvalue weighted by Crippen LogP contribution is 2.30. The molecule has 26 heavy (non-hydrogen) atoms. The molecule has 2 aromatic carbocycles. The number of pyridine rings is 1. The first-order chi connectivity index (χ1) is 12.8. The van der Waals surface area contributed by atoms with Crippen molar-refractivity contribution in [1.82, 2.24) is 9.88 Å². The van der Waals surface area contributed by atoms with E-state index in [4.69, 9.17) is 4.98 Å². The lowest BCUT2D eigenvalue weighted by Gasteiger charge is -2.16. The Bertz CT molecular complexity index is 908. The molecule has 4 nitrogen and oxygen atoms in total. The zero-order chi connectivity index (χ0) is 17.8. The highest BCUT2D eigenvalue weighted by molar-refractivity contribution is 5.96. The van der Waals surface area contributed by atoms with Gasteiger partial charge in [0.2, 0.25) is 5.91 Å². The van der Waals surface area contributed by atoms with Crippen LogP contribution in [0.2, 0.25) is 0 Å². The van der Waals surface area contributed by atoms with Crippen molar-refractivity contribution in [2.45, 2.75) is 19.3 Å². The molecule has 1 fully saturated rings. The number of nitrogens with zero attached hydrogens (tertiary/aromatic N) is 2. The highest BCUT2D eigenvalue weighted by Gasteiger charge is 2.18. The van der Waals surface area contributed by atoms with Gasteiger partial charge in [0, 0.05) is 31.4 Å². The van der Waals surface area contributed by atoms with Gasteiger partial charge < -0.3 is 10.2 Å². The van der Waals surface area contributed by atoms with Gasteiger partial charge in [-0.1, -0.05) is 48.5 Å². The third-order valence-electron chi connectivity index (χ3n) is 4.88. The average Bonchev–Trinajstić information content (AvgIpc) is 3.10. The molecule has 0 aliphatic carbocycles. The Kier molecular flexibility index (Phi) is 4.82. The van der Waals surface area contributed by atoms with Gasteiger partial charge >= 0.3 is 0 Å². The molecule has 1 aromatic heterocycles. The summed E-state index contributed by atoms with van der Waals surface area (Å²) >= 11 is 0. The molecule has 1 amide bonds. The Labute approximate surface area is 153 Å². The van der Waals surface area contributed by atoms with E-state index in [2.05, 4.69) is 53.8 Å². The summed E-state index contributed by atoms with van der Waals surface area (Å²) in [6, 6.07) is 20.8.